The lowest BCUT2D eigenvalue weighted by Gasteiger charge is -2.34. The Balaban J connectivity index is 1.59. The highest BCUT2D eigenvalue weighted by Gasteiger charge is 2.28. The van der Waals surface area contributed by atoms with Crippen molar-refractivity contribution in [2.45, 2.75) is 71.1 Å². The fourth-order valence-corrected chi connectivity index (χ4v) is 4.53. The molecule has 2 aliphatic rings. The average Bonchev–Trinajstić information content (AvgIpc) is 2.84. The average molecular weight is 358 g/mol. The van der Waals surface area contributed by atoms with Crippen molar-refractivity contribution >= 4 is 11.6 Å². The fraction of sp³-hybridized carbons (Fsp3) is 0.652. The molecule has 1 nitrogen and oxygen atoms in total. The molecule has 0 amide bonds. The van der Waals surface area contributed by atoms with Crippen LogP contribution in [0, 0.1) is 17.3 Å². The van der Waals surface area contributed by atoms with Crippen molar-refractivity contribution in [3.8, 4) is 11.8 Å². The Labute approximate surface area is 159 Å². The second-order valence-corrected chi connectivity index (χ2v) is 9.07. The molecule has 25 heavy (non-hydrogen) atoms. The summed E-state index contributed by atoms with van der Waals surface area (Å²) in [5, 5.41) is 0.909. The zero-order chi connectivity index (χ0) is 17.7. The van der Waals surface area contributed by atoms with Gasteiger partial charge in [0, 0.05) is 10.6 Å². The number of hydrogen-bond donors (Lipinski definition) is 0. The monoisotopic (exact) mass is 357 g/mol. The van der Waals surface area contributed by atoms with Crippen LogP contribution in [0.3, 0.4) is 0 Å². The van der Waals surface area contributed by atoms with Gasteiger partial charge in [0.05, 0.1) is 6.54 Å². The molecule has 0 unspecified atom stereocenters. The van der Waals surface area contributed by atoms with E-state index in [2.05, 4.69) is 48.8 Å². The standard InChI is InChI=1S/C23H32ClN/c1-23(2)13-11-20(12-14-23)21-10-9-19(18-22(21)24)8-7-17-25-15-5-3-4-6-16-25/h9-10,18,20H,3-6,11-17H2,1-2H3. The smallest absolute Gasteiger partial charge is 0.0605 e. The Kier molecular flexibility index (Phi) is 6.48. The summed E-state index contributed by atoms with van der Waals surface area (Å²) in [6, 6.07) is 6.46. The van der Waals surface area contributed by atoms with Gasteiger partial charge in [-0.15, -0.1) is 0 Å². The van der Waals surface area contributed by atoms with Gasteiger partial charge in [0.25, 0.3) is 0 Å². The van der Waals surface area contributed by atoms with Crippen molar-refractivity contribution in [2.24, 2.45) is 5.41 Å². The largest absolute Gasteiger partial charge is 0.292 e. The molecule has 2 fully saturated rings. The minimum Gasteiger partial charge on any atom is -0.292 e. The third-order valence-corrected chi connectivity index (χ3v) is 6.34. The second kappa shape index (κ2) is 8.61. The van der Waals surface area contributed by atoms with Crippen LogP contribution < -0.4 is 0 Å². The quantitative estimate of drug-likeness (QED) is 0.565. The van der Waals surface area contributed by atoms with E-state index in [1.807, 2.05) is 0 Å². The zero-order valence-corrected chi connectivity index (χ0v) is 16.7. The maximum Gasteiger partial charge on any atom is 0.0605 e. The third-order valence-electron chi connectivity index (χ3n) is 6.01. The molecule has 0 N–H and O–H groups in total. The summed E-state index contributed by atoms with van der Waals surface area (Å²) in [4.78, 5) is 2.49. The Hall–Kier alpha value is -0.970. The van der Waals surface area contributed by atoms with Crippen LogP contribution >= 0.6 is 11.6 Å². The molecule has 1 aromatic carbocycles. The van der Waals surface area contributed by atoms with Crippen LogP contribution in [0.5, 0.6) is 0 Å². The van der Waals surface area contributed by atoms with Gasteiger partial charge >= 0.3 is 0 Å². The number of rotatable bonds is 2. The molecular formula is C23H32ClN. The number of likely N-dealkylation sites (tertiary alicyclic amines) is 1. The highest BCUT2D eigenvalue weighted by Crippen LogP contribution is 2.44. The first-order chi connectivity index (χ1) is 12.0. The predicted octanol–water partition coefficient (Wildman–Crippen LogP) is 6.25. The maximum atomic E-state index is 6.60. The SMILES string of the molecule is CC1(C)CCC(c2ccc(C#CCN3CCCCCC3)cc2Cl)CC1. The van der Waals surface area contributed by atoms with Crippen LogP contribution in [0.4, 0.5) is 0 Å². The molecule has 1 aliphatic carbocycles. The van der Waals surface area contributed by atoms with Crippen molar-refractivity contribution in [3.63, 3.8) is 0 Å². The van der Waals surface area contributed by atoms with E-state index >= 15 is 0 Å². The molecule has 0 aromatic heterocycles. The molecule has 136 valence electrons. The van der Waals surface area contributed by atoms with E-state index in [9.17, 15) is 0 Å². The summed E-state index contributed by atoms with van der Waals surface area (Å²) in [7, 11) is 0. The van der Waals surface area contributed by atoms with Gasteiger partial charge in [-0.3, -0.25) is 4.90 Å². The Morgan fingerprint density at radius 3 is 2.40 bits per heavy atom. The van der Waals surface area contributed by atoms with Gasteiger partial charge in [-0.2, -0.15) is 0 Å². The Morgan fingerprint density at radius 1 is 1.08 bits per heavy atom. The number of halogens is 1. The van der Waals surface area contributed by atoms with E-state index in [0.29, 0.717) is 11.3 Å². The van der Waals surface area contributed by atoms with E-state index < -0.39 is 0 Å². The molecule has 1 heterocycles. The van der Waals surface area contributed by atoms with E-state index in [-0.39, 0.29) is 0 Å². The molecule has 0 spiro atoms. The van der Waals surface area contributed by atoms with Crippen LogP contribution in [-0.4, -0.2) is 24.5 Å². The van der Waals surface area contributed by atoms with Gasteiger partial charge in [0.1, 0.15) is 0 Å². The van der Waals surface area contributed by atoms with Crippen LogP contribution in [0.15, 0.2) is 18.2 Å². The summed E-state index contributed by atoms with van der Waals surface area (Å²) < 4.78 is 0. The molecule has 1 aliphatic heterocycles. The van der Waals surface area contributed by atoms with E-state index in [1.165, 1.54) is 70.0 Å². The van der Waals surface area contributed by atoms with Gasteiger partial charge in [-0.25, -0.2) is 0 Å². The normalized spacial score (nSPS) is 22.0. The van der Waals surface area contributed by atoms with Crippen LogP contribution in [-0.2, 0) is 0 Å². The van der Waals surface area contributed by atoms with Crippen LogP contribution in [0.25, 0.3) is 0 Å². The lowest BCUT2D eigenvalue weighted by molar-refractivity contribution is 0.224. The molecule has 0 radical (unpaired) electrons. The molecule has 1 saturated heterocycles. The van der Waals surface area contributed by atoms with Crippen molar-refractivity contribution in [2.75, 3.05) is 19.6 Å². The Morgan fingerprint density at radius 2 is 1.76 bits per heavy atom. The fourth-order valence-electron chi connectivity index (χ4n) is 4.19. The molecular weight excluding hydrogens is 326 g/mol. The van der Waals surface area contributed by atoms with E-state index in [4.69, 9.17) is 11.6 Å². The first-order valence-corrected chi connectivity index (χ1v) is 10.4. The summed E-state index contributed by atoms with van der Waals surface area (Å²) in [5.74, 6) is 7.30. The molecule has 3 rings (SSSR count). The predicted molar refractivity (Wildman–Crippen MR) is 108 cm³/mol. The molecule has 0 bridgehead atoms. The molecule has 1 aromatic rings. The summed E-state index contributed by atoms with van der Waals surface area (Å²) in [5.41, 5.74) is 2.89. The summed E-state index contributed by atoms with van der Waals surface area (Å²) >= 11 is 6.60. The highest BCUT2D eigenvalue weighted by atomic mass is 35.5. The van der Waals surface area contributed by atoms with Gasteiger partial charge < -0.3 is 0 Å². The minimum atomic E-state index is 0.502. The zero-order valence-electron chi connectivity index (χ0n) is 15.9. The van der Waals surface area contributed by atoms with E-state index in [1.54, 1.807) is 0 Å². The highest BCUT2D eigenvalue weighted by molar-refractivity contribution is 6.31. The molecule has 1 saturated carbocycles. The number of hydrogen-bond acceptors (Lipinski definition) is 1. The van der Waals surface area contributed by atoms with Crippen LogP contribution in [0.2, 0.25) is 5.02 Å². The lowest BCUT2D eigenvalue weighted by atomic mass is 9.71. The number of benzene rings is 1. The summed E-state index contributed by atoms with van der Waals surface area (Å²) in [6.07, 6.45) is 10.5. The first kappa shape index (κ1) is 18.8. The maximum absolute atomic E-state index is 6.60. The number of nitrogens with zero attached hydrogens (tertiary/aromatic N) is 1. The van der Waals surface area contributed by atoms with Crippen molar-refractivity contribution in [3.05, 3.63) is 34.3 Å². The van der Waals surface area contributed by atoms with Gasteiger partial charge in [-0.1, -0.05) is 56.2 Å². The van der Waals surface area contributed by atoms with Crippen molar-refractivity contribution in [1.29, 1.82) is 0 Å². The van der Waals surface area contributed by atoms with Crippen LogP contribution in [0.1, 0.15) is 82.3 Å². The Bertz CT molecular complexity index is 619. The summed E-state index contributed by atoms with van der Waals surface area (Å²) in [6.45, 7) is 8.05. The minimum absolute atomic E-state index is 0.502. The van der Waals surface area contributed by atoms with Gasteiger partial charge in [0.2, 0.25) is 0 Å². The topological polar surface area (TPSA) is 3.24 Å². The second-order valence-electron chi connectivity index (χ2n) is 8.67. The molecule has 0 atom stereocenters. The van der Waals surface area contributed by atoms with Crippen molar-refractivity contribution in [1.82, 2.24) is 4.90 Å². The third kappa shape index (κ3) is 5.50. The molecule has 2 heteroatoms. The van der Waals surface area contributed by atoms with Gasteiger partial charge in [0.15, 0.2) is 0 Å². The van der Waals surface area contributed by atoms with E-state index in [0.717, 1.165) is 17.1 Å². The van der Waals surface area contributed by atoms with Gasteiger partial charge in [-0.05, 0) is 80.6 Å². The first-order valence-electron chi connectivity index (χ1n) is 10.0. The van der Waals surface area contributed by atoms with Crippen molar-refractivity contribution < 1.29 is 0 Å². The lowest BCUT2D eigenvalue weighted by Crippen LogP contribution is -2.24.